The van der Waals surface area contributed by atoms with E-state index in [9.17, 15) is 0 Å². The summed E-state index contributed by atoms with van der Waals surface area (Å²) in [6.45, 7) is 2.93. The van der Waals surface area contributed by atoms with Gasteiger partial charge in [-0.05, 0) is 24.6 Å². The molecule has 0 saturated heterocycles. The molecule has 0 atom stereocenters. The maximum atomic E-state index is 5.71. The van der Waals surface area contributed by atoms with Crippen LogP contribution in [0.2, 0.25) is 0 Å². The van der Waals surface area contributed by atoms with Crippen LogP contribution in [0.15, 0.2) is 30.5 Å². The van der Waals surface area contributed by atoms with E-state index in [1.54, 1.807) is 4.52 Å². The number of aryl methyl sites for hydroxylation is 1. The van der Waals surface area contributed by atoms with Crippen molar-refractivity contribution >= 4 is 16.3 Å². The zero-order chi connectivity index (χ0) is 13.2. The van der Waals surface area contributed by atoms with Crippen molar-refractivity contribution in [3.63, 3.8) is 0 Å². The summed E-state index contributed by atoms with van der Waals surface area (Å²) in [6.07, 6.45) is 1.85. The first-order valence-electron chi connectivity index (χ1n) is 5.98. The molecule has 0 amide bonds. The van der Waals surface area contributed by atoms with E-state index in [1.807, 2.05) is 37.4 Å². The van der Waals surface area contributed by atoms with E-state index < -0.39 is 0 Å². The zero-order valence-electron chi connectivity index (χ0n) is 10.5. The van der Waals surface area contributed by atoms with Crippen molar-refractivity contribution in [2.24, 2.45) is 5.73 Å². The Morgan fingerprint density at radius 2 is 2.32 bits per heavy atom. The Labute approximate surface area is 114 Å². The molecule has 0 aliphatic heterocycles. The van der Waals surface area contributed by atoms with E-state index in [4.69, 9.17) is 10.5 Å². The summed E-state index contributed by atoms with van der Waals surface area (Å²) in [5, 5.41) is 5.31. The van der Waals surface area contributed by atoms with Crippen LogP contribution in [0.1, 0.15) is 16.3 Å². The smallest absolute Gasteiger partial charge is 0.212 e. The minimum atomic E-state index is 0.436. The van der Waals surface area contributed by atoms with Gasteiger partial charge in [-0.2, -0.15) is 5.10 Å². The molecule has 6 heteroatoms. The summed E-state index contributed by atoms with van der Waals surface area (Å²) in [4.78, 5) is 5.21. The highest BCUT2D eigenvalue weighted by molar-refractivity contribution is 7.16. The summed E-state index contributed by atoms with van der Waals surface area (Å²) in [7, 11) is 0. The van der Waals surface area contributed by atoms with Crippen LogP contribution in [0.3, 0.4) is 0 Å². The molecule has 2 aromatic heterocycles. The minimum Gasteiger partial charge on any atom is -0.486 e. The van der Waals surface area contributed by atoms with Gasteiger partial charge in [0.2, 0.25) is 4.96 Å². The number of imidazole rings is 1. The largest absolute Gasteiger partial charge is 0.486 e. The number of rotatable bonds is 4. The fraction of sp³-hybridized carbons (Fsp3) is 0.231. The molecule has 2 N–H and O–H groups in total. The highest BCUT2D eigenvalue weighted by Gasteiger charge is 2.08. The van der Waals surface area contributed by atoms with Gasteiger partial charge in [-0.15, -0.1) is 0 Å². The van der Waals surface area contributed by atoms with E-state index in [0.29, 0.717) is 13.2 Å². The molecule has 98 valence electrons. The maximum absolute atomic E-state index is 5.71. The lowest BCUT2D eigenvalue weighted by Gasteiger charge is -2.03. The lowest BCUT2D eigenvalue weighted by Crippen LogP contribution is -1.97. The Kier molecular flexibility index (Phi) is 3.18. The molecule has 0 spiro atoms. The molecule has 3 rings (SSSR count). The van der Waals surface area contributed by atoms with E-state index in [-0.39, 0.29) is 0 Å². The van der Waals surface area contributed by atoms with Crippen LogP contribution in [-0.2, 0) is 13.2 Å². The van der Waals surface area contributed by atoms with Crippen molar-refractivity contribution in [3.05, 3.63) is 46.7 Å². The van der Waals surface area contributed by atoms with Gasteiger partial charge in [0, 0.05) is 6.54 Å². The minimum absolute atomic E-state index is 0.436. The monoisotopic (exact) mass is 274 g/mol. The van der Waals surface area contributed by atoms with Gasteiger partial charge in [-0.25, -0.2) is 9.50 Å². The van der Waals surface area contributed by atoms with Crippen LogP contribution < -0.4 is 10.5 Å². The van der Waals surface area contributed by atoms with Gasteiger partial charge in [0.05, 0.1) is 11.9 Å². The van der Waals surface area contributed by atoms with Crippen LogP contribution in [0.5, 0.6) is 5.75 Å². The van der Waals surface area contributed by atoms with Gasteiger partial charge in [-0.3, -0.25) is 0 Å². The number of hydrogen-bond donors (Lipinski definition) is 1. The third-order valence-electron chi connectivity index (χ3n) is 2.70. The third-order valence-corrected chi connectivity index (χ3v) is 3.59. The first-order chi connectivity index (χ1) is 9.24. The van der Waals surface area contributed by atoms with Gasteiger partial charge in [-0.1, -0.05) is 23.5 Å². The Morgan fingerprint density at radius 1 is 1.42 bits per heavy atom. The quantitative estimate of drug-likeness (QED) is 0.791. The molecule has 0 bridgehead atoms. The highest BCUT2D eigenvalue weighted by atomic mass is 32.1. The predicted octanol–water partition coefficient (Wildman–Crippen LogP) is 2.14. The SMILES string of the molecule is Cc1cccc(OCc2nn3cc(CN)nc3s2)c1. The van der Waals surface area contributed by atoms with Gasteiger partial charge >= 0.3 is 0 Å². The number of ether oxygens (including phenoxy) is 1. The lowest BCUT2D eigenvalue weighted by atomic mass is 10.2. The van der Waals surface area contributed by atoms with Crippen molar-refractivity contribution in [2.75, 3.05) is 0 Å². The summed E-state index contributed by atoms with van der Waals surface area (Å²) in [5.74, 6) is 0.857. The summed E-state index contributed by atoms with van der Waals surface area (Å²) < 4.78 is 7.46. The van der Waals surface area contributed by atoms with Gasteiger partial charge in [0.15, 0.2) is 5.01 Å². The molecule has 0 fully saturated rings. The molecule has 19 heavy (non-hydrogen) atoms. The van der Waals surface area contributed by atoms with Gasteiger partial charge < -0.3 is 10.5 Å². The second kappa shape index (κ2) is 4.99. The van der Waals surface area contributed by atoms with Crippen molar-refractivity contribution in [3.8, 4) is 5.75 Å². The first kappa shape index (κ1) is 12.1. The van der Waals surface area contributed by atoms with E-state index >= 15 is 0 Å². The Hall–Kier alpha value is -1.92. The Bertz CT molecular complexity index is 672. The van der Waals surface area contributed by atoms with Crippen LogP contribution in [0.4, 0.5) is 0 Å². The van der Waals surface area contributed by atoms with E-state index in [0.717, 1.165) is 21.4 Å². The van der Waals surface area contributed by atoms with Crippen LogP contribution in [-0.4, -0.2) is 14.6 Å². The second-order valence-electron chi connectivity index (χ2n) is 4.26. The highest BCUT2D eigenvalue weighted by Crippen LogP contribution is 2.18. The molecule has 5 nitrogen and oxygen atoms in total. The molecular formula is C13H14N4OS. The molecule has 1 aromatic carbocycles. The number of benzene rings is 1. The molecule has 0 aliphatic rings. The van der Waals surface area contributed by atoms with Crippen molar-refractivity contribution in [1.82, 2.24) is 14.6 Å². The Balaban J connectivity index is 1.73. The topological polar surface area (TPSA) is 65.4 Å². The predicted molar refractivity (Wildman–Crippen MR) is 74.3 cm³/mol. The van der Waals surface area contributed by atoms with Crippen LogP contribution in [0, 0.1) is 6.92 Å². The summed E-state index contributed by atoms with van der Waals surface area (Å²) >= 11 is 1.52. The Morgan fingerprint density at radius 3 is 3.05 bits per heavy atom. The lowest BCUT2D eigenvalue weighted by molar-refractivity contribution is 0.304. The third kappa shape index (κ3) is 2.59. The molecule has 2 heterocycles. The van der Waals surface area contributed by atoms with E-state index in [2.05, 4.69) is 10.1 Å². The zero-order valence-corrected chi connectivity index (χ0v) is 11.4. The number of aromatic nitrogens is 3. The number of fused-ring (bicyclic) bond motifs is 1. The van der Waals surface area contributed by atoms with Gasteiger partial charge in [0.1, 0.15) is 12.4 Å². The van der Waals surface area contributed by atoms with Crippen molar-refractivity contribution < 1.29 is 4.74 Å². The molecule has 0 saturated carbocycles. The van der Waals surface area contributed by atoms with Crippen molar-refractivity contribution in [1.29, 1.82) is 0 Å². The normalized spacial score (nSPS) is 11.1. The van der Waals surface area contributed by atoms with Crippen molar-refractivity contribution in [2.45, 2.75) is 20.1 Å². The van der Waals surface area contributed by atoms with Gasteiger partial charge in [0.25, 0.3) is 0 Å². The van der Waals surface area contributed by atoms with Crippen LogP contribution in [0.25, 0.3) is 4.96 Å². The second-order valence-corrected chi connectivity index (χ2v) is 5.31. The first-order valence-corrected chi connectivity index (χ1v) is 6.80. The maximum Gasteiger partial charge on any atom is 0.212 e. The molecule has 0 radical (unpaired) electrons. The average Bonchev–Trinajstić information content (AvgIpc) is 2.94. The molecule has 0 unspecified atom stereocenters. The fourth-order valence-corrected chi connectivity index (χ4v) is 2.60. The number of nitrogens with two attached hydrogens (primary N) is 1. The van der Waals surface area contributed by atoms with E-state index in [1.165, 1.54) is 16.9 Å². The summed E-state index contributed by atoms with van der Waals surface area (Å²) in [6, 6.07) is 7.97. The van der Waals surface area contributed by atoms with Crippen LogP contribution >= 0.6 is 11.3 Å². The average molecular weight is 274 g/mol. The standard InChI is InChI=1S/C13H14N4OS/c1-9-3-2-4-11(5-9)18-8-12-16-17-7-10(6-14)15-13(17)19-12/h2-5,7H,6,8,14H2,1H3. The number of hydrogen-bond acceptors (Lipinski definition) is 5. The fourth-order valence-electron chi connectivity index (χ4n) is 1.79. The molecular weight excluding hydrogens is 260 g/mol. The summed E-state index contributed by atoms with van der Waals surface area (Å²) in [5.41, 5.74) is 7.57. The number of nitrogens with zero attached hydrogens (tertiary/aromatic N) is 3. The molecule has 3 aromatic rings. The molecule has 0 aliphatic carbocycles.